The zero-order valence-electron chi connectivity index (χ0n) is 8.16. The first-order valence-electron chi connectivity index (χ1n) is 4.73. The average Bonchev–Trinajstić information content (AvgIpc) is 2.08. The van der Waals surface area contributed by atoms with E-state index in [0.717, 1.165) is 25.6 Å². The van der Waals surface area contributed by atoms with Gasteiger partial charge in [0.05, 0.1) is 0 Å². The van der Waals surface area contributed by atoms with Gasteiger partial charge >= 0.3 is 0 Å². The van der Waals surface area contributed by atoms with Crippen LogP contribution in [0.25, 0.3) is 0 Å². The van der Waals surface area contributed by atoms with Crippen molar-refractivity contribution in [3.05, 3.63) is 0 Å². The van der Waals surface area contributed by atoms with E-state index in [4.69, 9.17) is 5.11 Å². The molecule has 1 atom stereocenters. The van der Waals surface area contributed by atoms with Gasteiger partial charge in [0.15, 0.2) is 0 Å². The van der Waals surface area contributed by atoms with Crippen LogP contribution >= 0.6 is 0 Å². The number of hydrogen-bond donors (Lipinski definition) is 1. The molecule has 1 saturated heterocycles. The van der Waals surface area contributed by atoms with Crippen molar-refractivity contribution in [3.8, 4) is 0 Å². The predicted octanol–water partition coefficient (Wildman–Crippen LogP) is 0.00470. The SMILES string of the molecule is CN(CCCO)CC1CCN1C. The molecule has 0 spiro atoms. The molecule has 3 nitrogen and oxygen atoms in total. The van der Waals surface area contributed by atoms with Gasteiger partial charge in [-0.15, -0.1) is 0 Å². The minimum atomic E-state index is 0.310. The number of aliphatic hydroxyl groups excluding tert-OH is 1. The van der Waals surface area contributed by atoms with Gasteiger partial charge in [0.2, 0.25) is 0 Å². The Hall–Kier alpha value is -0.120. The minimum Gasteiger partial charge on any atom is -0.396 e. The van der Waals surface area contributed by atoms with Gasteiger partial charge in [0.1, 0.15) is 0 Å². The third-order valence-corrected chi connectivity index (χ3v) is 2.66. The van der Waals surface area contributed by atoms with Crippen LogP contribution in [0.2, 0.25) is 0 Å². The first-order chi connectivity index (χ1) is 5.74. The van der Waals surface area contributed by atoms with Crippen LogP contribution in [0.15, 0.2) is 0 Å². The van der Waals surface area contributed by atoms with Gasteiger partial charge in [-0.3, -0.25) is 0 Å². The summed E-state index contributed by atoms with van der Waals surface area (Å²) in [6.07, 6.45) is 2.23. The molecule has 1 rings (SSSR count). The summed E-state index contributed by atoms with van der Waals surface area (Å²) in [5.74, 6) is 0. The predicted molar refractivity (Wildman–Crippen MR) is 50.2 cm³/mol. The summed E-state index contributed by atoms with van der Waals surface area (Å²) in [6, 6.07) is 0.758. The third kappa shape index (κ3) is 2.73. The lowest BCUT2D eigenvalue weighted by molar-refractivity contribution is 0.0891. The molecule has 12 heavy (non-hydrogen) atoms. The summed E-state index contributed by atoms with van der Waals surface area (Å²) in [5, 5.41) is 8.64. The van der Waals surface area contributed by atoms with Crippen molar-refractivity contribution in [3.63, 3.8) is 0 Å². The van der Waals surface area contributed by atoms with E-state index in [1.54, 1.807) is 0 Å². The van der Waals surface area contributed by atoms with Gasteiger partial charge in [-0.05, 0) is 33.5 Å². The van der Waals surface area contributed by atoms with Crippen LogP contribution in [-0.2, 0) is 0 Å². The lowest BCUT2D eigenvalue weighted by atomic mass is 10.0. The normalized spacial score (nSPS) is 24.5. The number of likely N-dealkylation sites (N-methyl/N-ethyl adjacent to an activating group) is 2. The second-order valence-electron chi connectivity index (χ2n) is 3.76. The molecule has 0 bridgehead atoms. The third-order valence-electron chi connectivity index (χ3n) is 2.66. The Bertz CT molecular complexity index is 130. The van der Waals surface area contributed by atoms with Crippen molar-refractivity contribution in [1.29, 1.82) is 0 Å². The van der Waals surface area contributed by atoms with Crippen LogP contribution in [0, 0.1) is 0 Å². The summed E-state index contributed by atoms with van der Waals surface area (Å²) in [4.78, 5) is 4.69. The molecular weight excluding hydrogens is 152 g/mol. The molecular formula is C9H20N2O. The fourth-order valence-electron chi connectivity index (χ4n) is 1.59. The van der Waals surface area contributed by atoms with Crippen molar-refractivity contribution in [2.75, 3.05) is 40.3 Å². The highest BCUT2D eigenvalue weighted by Crippen LogP contribution is 2.14. The van der Waals surface area contributed by atoms with E-state index in [2.05, 4.69) is 23.9 Å². The highest BCUT2D eigenvalue weighted by Gasteiger charge is 2.24. The summed E-state index contributed by atoms with van der Waals surface area (Å²) >= 11 is 0. The van der Waals surface area contributed by atoms with Crippen molar-refractivity contribution < 1.29 is 5.11 Å². The minimum absolute atomic E-state index is 0.310. The number of rotatable bonds is 5. The molecule has 1 heterocycles. The highest BCUT2D eigenvalue weighted by atomic mass is 16.3. The van der Waals surface area contributed by atoms with Crippen molar-refractivity contribution in [1.82, 2.24) is 9.80 Å². The van der Waals surface area contributed by atoms with Gasteiger partial charge in [0.25, 0.3) is 0 Å². The molecule has 1 aliphatic heterocycles. The molecule has 0 aromatic carbocycles. The van der Waals surface area contributed by atoms with E-state index in [0.29, 0.717) is 6.61 Å². The van der Waals surface area contributed by atoms with Crippen molar-refractivity contribution >= 4 is 0 Å². The van der Waals surface area contributed by atoms with Crippen LogP contribution in [0.3, 0.4) is 0 Å². The molecule has 0 radical (unpaired) electrons. The Kier molecular flexibility index (Phi) is 3.98. The summed E-state index contributed by atoms with van der Waals surface area (Å²) in [7, 11) is 4.30. The fourth-order valence-corrected chi connectivity index (χ4v) is 1.59. The molecule has 1 unspecified atom stereocenters. The molecule has 0 aromatic heterocycles. The zero-order valence-corrected chi connectivity index (χ0v) is 8.16. The molecule has 0 saturated carbocycles. The second kappa shape index (κ2) is 4.80. The number of nitrogens with zero attached hydrogens (tertiary/aromatic N) is 2. The monoisotopic (exact) mass is 172 g/mol. The Balaban J connectivity index is 2.04. The van der Waals surface area contributed by atoms with Crippen LogP contribution < -0.4 is 0 Å². The lowest BCUT2D eigenvalue weighted by Gasteiger charge is -2.40. The number of likely N-dealkylation sites (tertiary alicyclic amines) is 1. The number of aliphatic hydroxyl groups is 1. The maximum absolute atomic E-state index is 8.64. The van der Waals surface area contributed by atoms with Gasteiger partial charge in [0, 0.05) is 25.7 Å². The topological polar surface area (TPSA) is 26.7 Å². The Morgan fingerprint density at radius 1 is 1.58 bits per heavy atom. The fraction of sp³-hybridized carbons (Fsp3) is 1.00. The summed E-state index contributed by atoms with van der Waals surface area (Å²) in [6.45, 7) is 3.72. The van der Waals surface area contributed by atoms with E-state index in [1.165, 1.54) is 13.0 Å². The summed E-state index contributed by atoms with van der Waals surface area (Å²) in [5.41, 5.74) is 0. The Morgan fingerprint density at radius 3 is 2.75 bits per heavy atom. The molecule has 1 fully saturated rings. The quantitative estimate of drug-likeness (QED) is 0.632. The summed E-state index contributed by atoms with van der Waals surface area (Å²) < 4.78 is 0. The van der Waals surface area contributed by atoms with Crippen LogP contribution in [0.5, 0.6) is 0 Å². The van der Waals surface area contributed by atoms with Gasteiger partial charge in [-0.2, -0.15) is 0 Å². The maximum Gasteiger partial charge on any atom is 0.0443 e. The first-order valence-corrected chi connectivity index (χ1v) is 4.73. The van der Waals surface area contributed by atoms with E-state index in [-0.39, 0.29) is 0 Å². The molecule has 3 heteroatoms. The Morgan fingerprint density at radius 2 is 2.33 bits per heavy atom. The second-order valence-corrected chi connectivity index (χ2v) is 3.76. The van der Waals surface area contributed by atoms with Crippen molar-refractivity contribution in [2.45, 2.75) is 18.9 Å². The largest absolute Gasteiger partial charge is 0.396 e. The lowest BCUT2D eigenvalue weighted by Crippen LogP contribution is -2.50. The van der Waals surface area contributed by atoms with Crippen LogP contribution in [-0.4, -0.2) is 61.3 Å². The highest BCUT2D eigenvalue weighted by molar-refractivity contribution is 4.81. The molecule has 0 aliphatic carbocycles. The van der Waals surface area contributed by atoms with Gasteiger partial charge < -0.3 is 14.9 Å². The number of hydrogen-bond acceptors (Lipinski definition) is 3. The smallest absolute Gasteiger partial charge is 0.0443 e. The average molecular weight is 172 g/mol. The van der Waals surface area contributed by atoms with E-state index >= 15 is 0 Å². The standard InChI is InChI=1S/C9H20N2O/c1-10(5-3-7-12)8-9-4-6-11(9)2/h9,12H,3-8H2,1-2H3. The van der Waals surface area contributed by atoms with Gasteiger partial charge in [-0.25, -0.2) is 0 Å². The van der Waals surface area contributed by atoms with Crippen LogP contribution in [0.4, 0.5) is 0 Å². The molecule has 72 valence electrons. The first kappa shape index (κ1) is 9.96. The van der Waals surface area contributed by atoms with E-state index in [1.807, 2.05) is 0 Å². The van der Waals surface area contributed by atoms with E-state index in [9.17, 15) is 0 Å². The Labute approximate surface area is 75.0 Å². The molecule has 1 N–H and O–H groups in total. The zero-order chi connectivity index (χ0) is 8.97. The molecule has 0 aromatic rings. The molecule has 0 amide bonds. The van der Waals surface area contributed by atoms with Gasteiger partial charge in [-0.1, -0.05) is 0 Å². The molecule has 1 aliphatic rings. The van der Waals surface area contributed by atoms with E-state index < -0.39 is 0 Å². The van der Waals surface area contributed by atoms with Crippen LogP contribution in [0.1, 0.15) is 12.8 Å². The van der Waals surface area contributed by atoms with Crippen molar-refractivity contribution in [2.24, 2.45) is 0 Å². The maximum atomic E-state index is 8.64.